The second kappa shape index (κ2) is 11.0. The second-order valence-electron chi connectivity index (χ2n) is 4.57. The van der Waals surface area contributed by atoms with Gasteiger partial charge in [-0.2, -0.15) is 0 Å². The summed E-state index contributed by atoms with van der Waals surface area (Å²) in [6, 6.07) is 11.0. The maximum Gasteiger partial charge on any atom is 0.382 e. The second-order valence-corrected chi connectivity index (χ2v) is 6.58. The maximum absolute atomic E-state index is 6.00. The molecule has 0 aliphatic heterocycles. The van der Waals surface area contributed by atoms with Gasteiger partial charge < -0.3 is 13.6 Å². The summed E-state index contributed by atoms with van der Waals surface area (Å²) in [6.45, 7) is 3.50. The van der Waals surface area contributed by atoms with Crippen molar-refractivity contribution in [3.05, 3.63) is 30.3 Å². The van der Waals surface area contributed by atoms with Crippen LogP contribution in [0.15, 0.2) is 30.3 Å². The van der Waals surface area contributed by atoms with E-state index in [0.29, 0.717) is 13.2 Å². The number of methoxy groups -OCH3 is 1. The molecule has 1 aromatic rings. The maximum atomic E-state index is 6.00. The predicted octanol–water partition coefficient (Wildman–Crippen LogP) is 3.53. The summed E-state index contributed by atoms with van der Waals surface area (Å²) in [6.07, 6.45) is 5.02. The normalized spacial score (nSPS) is 12.3. The molecule has 1 rings (SSSR count). The zero-order chi connectivity index (χ0) is 13.8. The number of hydrogen-bond donors (Lipinski definition) is 0. The van der Waals surface area contributed by atoms with Gasteiger partial charge in [-0.1, -0.05) is 50.8 Å². The molecular weight excluding hydrogens is 256 g/mol. The Balaban J connectivity index is 2.35. The molecule has 4 heteroatoms. The Bertz CT molecular complexity index is 306. The SMILES string of the molecule is CCCCCC[SiH](OCCOC)Oc1ccccc1. The van der Waals surface area contributed by atoms with Gasteiger partial charge in [0.1, 0.15) is 5.75 Å². The highest BCUT2D eigenvalue weighted by atomic mass is 28.3. The topological polar surface area (TPSA) is 27.7 Å². The molecule has 0 aliphatic rings. The van der Waals surface area contributed by atoms with Crippen LogP contribution in [0.3, 0.4) is 0 Å². The highest BCUT2D eigenvalue weighted by Crippen LogP contribution is 2.14. The molecular formula is C15H26O3Si. The molecule has 0 bridgehead atoms. The van der Waals surface area contributed by atoms with Gasteiger partial charge in [0.25, 0.3) is 0 Å². The van der Waals surface area contributed by atoms with Gasteiger partial charge in [-0.25, -0.2) is 0 Å². The van der Waals surface area contributed by atoms with Gasteiger partial charge in [-0.15, -0.1) is 0 Å². The molecule has 0 heterocycles. The Kier molecular flexibility index (Phi) is 9.41. The molecule has 0 aliphatic carbocycles. The molecule has 0 N–H and O–H groups in total. The summed E-state index contributed by atoms with van der Waals surface area (Å²) in [5.74, 6) is 0.923. The van der Waals surface area contributed by atoms with Crippen molar-refractivity contribution in [3.8, 4) is 5.75 Å². The fourth-order valence-corrected chi connectivity index (χ4v) is 3.62. The fourth-order valence-electron chi connectivity index (χ4n) is 1.83. The molecule has 0 spiro atoms. The lowest BCUT2D eigenvalue weighted by Crippen LogP contribution is -2.27. The molecule has 108 valence electrons. The van der Waals surface area contributed by atoms with Crippen LogP contribution in [0.2, 0.25) is 6.04 Å². The molecule has 0 radical (unpaired) electrons. The molecule has 1 unspecified atom stereocenters. The zero-order valence-corrected chi connectivity index (χ0v) is 13.3. The van der Waals surface area contributed by atoms with E-state index in [4.69, 9.17) is 13.6 Å². The summed E-state index contributed by atoms with van der Waals surface area (Å²) in [5.41, 5.74) is 0. The number of unbranched alkanes of at least 4 members (excludes halogenated alkanes) is 3. The van der Waals surface area contributed by atoms with Gasteiger partial charge in [0.2, 0.25) is 0 Å². The molecule has 0 fully saturated rings. The minimum atomic E-state index is -1.61. The first-order chi connectivity index (χ1) is 9.36. The van der Waals surface area contributed by atoms with E-state index in [9.17, 15) is 0 Å². The molecule has 19 heavy (non-hydrogen) atoms. The Hall–Kier alpha value is -0.843. The largest absolute Gasteiger partial charge is 0.522 e. The van der Waals surface area contributed by atoms with Crippen molar-refractivity contribution in [1.29, 1.82) is 0 Å². The van der Waals surface area contributed by atoms with E-state index < -0.39 is 9.28 Å². The smallest absolute Gasteiger partial charge is 0.382 e. The van der Waals surface area contributed by atoms with Crippen molar-refractivity contribution >= 4 is 9.28 Å². The van der Waals surface area contributed by atoms with E-state index in [0.717, 1.165) is 11.8 Å². The van der Waals surface area contributed by atoms with E-state index in [2.05, 4.69) is 6.92 Å². The highest BCUT2D eigenvalue weighted by molar-refractivity contribution is 6.45. The Labute approximate surface area is 118 Å². The van der Waals surface area contributed by atoms with E-state index in [-0.39, 0.29) is 0 Å². The average Bonchev–Trinajstić information content (AvgIpc) is 2.44. The Morgan fingerprint density at radius 1 is 1.00 bits per heavy atom. The molecule has 3 nitrogen and oxygen atoms in total. The van der Waals surface area contributed by atoms with E-state index in [1.165, 1.54) is 25.7 Å². The van der Waals surface area contributed by atoms with Crippen molar-refractivity contribution in [1.82, 2.24) is 0 Å². The molecule has 1 aromatic carbocycles. The van der Waals surface area contributed by atoms with E-state index in [1.807, 2.05) is 30.3 Å². The molecule has 0 saturated heterocycles. The minimum absolute atomic E-state index is 0.633. The number of para-hydroxylation sites is 1. The number of ether oxygens (including phenoxy) is 1. The van der Waals surface area contributed by atoms with Crippen molar-refractivity contribution in [2.45, 2.75) is 38.7 Å². The van der Waals surface area contributed by atoms with Crippen LogP contribution in [0, 0.1) is 0 Å². The number of hydrogen-bond acceptors (Lipinski definition) is 3. The van der Waals surface area contributed by atoms with Crippen LogP contribution in [0.1, 0.15) is 32.6 Å². The fraction of sp³-hybridized carbons (Fsp3) is 0.600. The monoisotopic (exact) mass is 282 g/mol. The van der Waals surface area contributed by atoms with Gasteiger partial charge in [0.05, 0.1) is 13.2 Å². The number of rotatable bonds is 11. The first-order valence-corrected chi connectivity index (χ1v) is 8.95. The van der Waals surface area contributed by atoms with Gasteiger partial charge in [0, 0.05) is 7.11 Å². The number of benzene rings is 1. The van der Waals surface area contributed by atoms with Crippen LogP contribution in [0.25, 0.3) is 0 Å². The molecule has 1 atom stereocenters. The lowest BCUT2D eigenvalue weighted by atomic mass is 10.2. The summed E-state index contributed by atoms with van der Waals surface area (Å²) in [4.78, 5) is 0. The lowest BCUT2D eigenvalue weighted by molar-refractivity contribution is 0.135. The van der Waals surface area contributed by atoms with Crippen molar-refractivity contribution in [2.75, 3.05) is 20.3 Å². The van der Waals surface area contributed by atoms with Crippen molar-refractivity contribution < 1.29 is 13.6 Å². The van der Waals surface area contributed by atoms with Crippen LogP contribution in [0.4, 0.5) is 0 Å². The summed E-state index contributed by atoms with van der Waals surface area (Å²) >= 11 is 0. The summed E-state index contributed by atoms with van der Waals surface area (Å²) in [5, 5.41) is 0. The van der Waals surface area contributed by atoms with E-state index in [1.54, 1.807) is 7.11 Å². The average molecular weight is 282 g/mol. The predicted molar refractivity (Wildman–Crippen MR) is 81.0 cm³/mol. The lowest BCUT2D eigenvalue weighted by Gasteiger charge is -2.17. The Morgan fingerprint density at radius 2 is 1.79 bits per heavy atom. The van der Waals surface area contributed by atoms with Crippen LogP contribution in [-0.2, 0) is 9.16 Å². The summed E-state index contributed by atoms with van der Waals surface area (Å²) in [7, 11) is 0.0790. The standard InChI is InChI=1S/C15H26O3Si/c1-3-4-5-9-14-19(17-13-12-16-2)18-15-10-7-6-8-11-15/h6-8,10-11,19H,3-5,9,12-14H2,1-2H3. The van der Waals surface area contributed by atoms with Gasteiger partial charge >= 0.3 is 9.28 Å². The third kappa shape index (κ3) is 8.03. The molecule has 0 amide bonds. The van der Waals surface area contributed by atoms with Gasteiger partial charge in [-0.05, 0) is 18.2 Å². The van der Waals surface area contributed by atoms with Gasteiger partial charge in [0.15, 0.2) is 0 Å². The van der Waals surface area contributed by atoms with Crippen LogP contribution in [-0.4, -0.2) is 29.6 Å². The third-order valence-corrected chi connectivity index (χ3v) is 4.92. The van der Waals surface area contributed by atoms with Gasteiger partial charge in [-0.3, -0.25) is 0 Å². The summed E-state index contributed by atoms with van der Waals surface area (Å²) < 4.78 is 16.9. The van der Waals surface area contributed by atoms with Crippen LogP contribution < -0.4 is 4.43 Å². The van der Waals surface area contributed by atoms with Crippen molar-refractivity contribution in [3.63, 3.8) is 0 Å². The van der Waals surface area contributed by atoms with E-state index >= 15 is 0 Å². The Morgan fingerprint density at radius 3 is 2.47 bits per heavy atom. The zero-order valence-electron chi connectivity index (χ0n) is 12.1. The first kappa shape index (κ1) is 16.2. The quantitative estimate of drug-likeness (QED) is 0.459. The van der Waals surface area contributed by atoms with Crippen LogP contribution in [0.5, 0.6) is 5.75 Å². The molecule has 0 aromatic heterocycles. The molecule has 0 saturated carbocycles. The third-order valence-electron chi connectivity index (χ3n) is 2.90. The minimum Gasteiger partial charge on any atom is -0.522 e. The first-order valence-electron chi connectivity index (χ1n) is 7.19. The van der Waals surface area contributed by atoms with Crippen LogP contribution >= 0.6 is 0 Å². The highest BCUT2D eigenvalue weighted by Gasteiger charge is 2.14. The van der Waals surface area contributed by atoms with Crippen molar-refractivity contribution in [2.24, 2.45) is 0 Å².